The minimum Gasteiger partial charge on any atom is -0.362 e. The fourth-order valence-electron chi connectivity index (χ4n) is 3.02. The molecular formula is C21H24FN3OS2. The maximum absolute atomic E-state index is 13.6. The number of carbonyl (C=O) groups is 1. The molecule has 0 aromatic heterocycles. The van der Waals surface area contributed by atoms with E-state index in [0.29, 0.717) is 17.3 Å². The summed E-state index contributed by atoms with van der Waals surface area (Å²) >= 11 is 7.06. The van der Waals surface area contributed by atoms with Gasteiger partial charge < -0.3 is 15.5 Å². The van der Waals surface area contributed by atoms with Crippen molar-refractivity contribution in [3.8, 4) is 0 Å². The predicted octanol–water partition coefficient (Wildman–Crippen LogP) is 4.56. The van der Waals surface area contributed by atoms with Gasteiger partial charge in [-0.1, -0.05) is 24.3 Å². The van der Waals surface area contributed by atoms with E-state index in [2.05, 4.69) is 10.6 Å². The number of anilines is 2. The lowest BCUT2D eigenvalue weighted by molar-refractivity contribution is -0.117. The zero-order valence-corrected chi connectivity index (χ0v) is 17.3. The second-order valence-electron chi connectivity index (χ2n) is 6.58. The Morgan fingerprint density at radius 2 is 2.07 bits per heavy atom. The van der Waals surface area contributed by atoms with Gasteiger partial charge in [-0.15, -0.1) is 0 Å². The average Bonchev–Trinajstić information content (AvgIpc) is 3.12. The molecule has 1 fully saturated rings. The van der Waals surface area contributed by atoms with Crippen molar-refractivity contribution in [2.24, 2.45) is 0 Å². The number of halogens is 1. The summed E-state index contributed by atoms with van der Waals surface area (Å²) < 4.78 is 13.6. The van der Waals surface area contributed by atoms with E-state index in [1.54, 1.807) is 17.8 Å². The highest BCUT2D eigenvalue weighted by Gasteiger charge is 2.21. The predicted molar refractivity (Wildman–Crippen MR) is 119 cm³/mol. The van der Waals surface area contributed by atoms with Gasteiger partial charge in [0, 0.05) is 36.6 Å². The van der Waals surface area contributed by atoms with Crippen LogP contribution in [0.2, 0.25) is 0 Å². The summed E-state index contributed by atoms with van der Waals surface area (Å²) in [5.41, 5.74) is 2.51. The van der Waals surface area contributed by atoms with Crippen LogP contribution in [-0.4, -0.2) is 29.9 Å². The molecule has 1 aliphatic heterocycles. The first-order chi connectivity index (χ1) is 13.6. The molecule has 0 spiro atoms. The molecule has 0 atom stereocenters. The number of thioether (sulfide) groups is 1. The van der Waals surface area contributed by atoms with Crippen LogP contribution in [0.1, 0.15) is 24.8 Å². The molecule has 7 heteroatoms. The Bertz CT molecular complexity index is 831. The van der Waals surface area contributed by atoms with E-state index in [1.165, 1.54) is 6.07 Å². The van der Waals surface area contributed by atoms with Gasteiger partial charge in [-0.05, 0) is 60.6 Å². The normalized spacial score (nSPS) is 13.6. The lowest BCUT2D eigenvalue weighted by atomic mass is 10.2. The molecule has 28 heavy (non-hydrogen) atoms. The van der Waals surface area contributed by atoms with Gasteiger partial charge in [-0.3, -0.25) is 4.79 Å². The summed E-state index contributed by atoms with van der Waals surface area (Å²) in [7, 11) is 0. The lowest BCUT2D eigenvalue weighted by Crippen LogP contribution is -2.29. The summed E-state index contributed by atoms with van der Waals surface area (Å²) in [5, 5.41) is 6.92. The third-order valence-corrected chi connectivity index (χ3v) is 5.79. The number of carbonyl (C=O) groups excluding carboxylic acids is 1. The van der Waals surface area contributed by atoms with E-state index < -0.39 is 0 Å². The second kappa shape index (κ2) is 10.4. The number of nitrogens with zero attached hydrogens (tertiary/aromatic N) is 1. The number of benzene rings is 2. The summed E-state index contributed by atoms with van der Waals surface area (Å²) in [6, 6.07) is 14.6. The van der Waals surface area contributed by atoms with E-state index in [9.17, 15) is 9.18 Å². The van der Waals surface area contributed by atoms with Gasteiger partial charge in [0.15, 0.2) is 5.11 Å². The monoisotopic (exact) mass is 417 g/mol. The Kier molecular flexibility index (Phi) is 7.68. The third kappa shape index (κ3) is 5.94. The zero-order valence-electron chi connectivity index (χ0n) is 15.6. The molecule has 1 amide bonds. The van der Waals surface area contributed by atoms with Crippen molar-refractivity contribution in [3.63, 3.8) is 0 Å². The van der Waals surface area contributed by atoms with Crippen molar-refractivity contribution in [2.45, 2.75) is 25.0 Å². The molecule has 0 unspecified atom stereocenters. The first kappa shape index (κ1) is 20.6. The molecule has 1 saturated heterocycles. The second-order valence-corrected chi connectivity index (χ2v) is 8.09. The van der Waals surface area contributed by atoms with Gasteiger partial charge >= 0.3 is 0 Å². The highest BCUT2D eigenvalue weighted by atomic mass is 32.2. The maximum Gasteiger partial charge on any atom is 0.227 e. The Morgan fingerprint density at radius 1 is 1.21 bits per heavy atom. The molecule has 148 valence electrons. The topological polar surface area (TPSA) is 44.4 Å². The number of hydrogen-bond acceptors (Lipinski definition) is 3. The first-order valence-corrected chi connectivity index (χ1v) is 11.0. The highest BCUT2D eigenvalue weighted by molar-refractivity contribution is 7.98. The van der Waals surface area contributed by atoms with Crippen LogP contribution in [0, 0.1) is 5.82 Å². The average molecular weight is 418 g/mol. The lowest BCUT2D eigenvalue weighted by Gasteiger charge is -2.17. The van der Waals surface area contributed by atoms with Crippen LogP contribution >= 0.6 is 24.0 Å². The van der Waals surface area contributed by atoms with Crippen molar-refractivity contribution in [3.05, 3.63) is 59.9 Å². The van der Waals surface area contributed by atoms with E-state index in [4.69, 9.17) is 12.2 Å². The molecule has 1 heterocycles. The number of nitrogens with one attached hydrogen (secondary N) is 2. The van der Waals surface area contributed by atoms with Crippen LogP contribution in [0.4, 0.5) is 15.8 Å². The fourth-order valence-corrected chi connectivity index (χ4v) is 4.19. The summed E-state index contributed by atoms with van der Waals surface area (Å²) in [4.78, 5) is 13.7. The maximum atomic E-state index is 13.6. The van der Waals surface area contributed by atoms with Gasteiger partial charge in [0.1, 0.15) is 5.82 Å². The van der Waals surface area contributed by atoms with E-state index in [1.807, 2.05) is 41.3 Å². The first-order valence-electron chi connectivity index (χ1n) is 9.40. The van der Waals surface area contributed by atoms with E-state index in [0.717, 1.165) is 48.6 Å². The number of rotatable bonds is 8. The number of thiocarbonyl (C=S) groups is 1. The highest BCUT2D eigenvalue weighted by Crippen LogP contribution is 2.24. The van der Waals surface area contributed by atoms with Crippen LogP contribution in [0.25, 0.3) is 0 Å². The third-order valence-electron chi connectivity index (χ3n) is 4.46. The molecule has 0 radical (unpaired) electrons. The molecular weight excluding hydrogens is 393 g/mol. The van der Waals surface area contributed by atoms with Crippen LogP contribution < -0.4 is 15.5 Å². The molecule has 0 saturated carbocycles. The quantitative estimate of drug-likeness (QED) is 0.487. The minimum atomic E-state index is -0.142. The van der Waals surface area contributed by atoms with E-state index >= 15 is 0 Å². The molecule has 4 nitrogen and oxygen atoms in total. The van der Waals surface area contributed by atoms with Gasteiger partial charge in [0.2, 0.25) is 5.91 Å². The molecule has 0 bridgehead atoms. The van der Waals surface area contributed by atoms with Crippen molar-refractivity contribution in [2.75, 3.05) is 29.1 Å². The van der Waals surface area contributed by atoms with Gasteiger partial charge in [0.05, 0.1) is 0 Å². The Balaban J connectivity index is 1.35. The van der Waals surface area contributed by atoms with E-state index in [-0.39, 0.29) is 11.7 Å². The van der Waals surface area contributed by atoms with Gasteiger partial charge in [-0.2, -0.15) is 11.8 Å². The Hall–Kier alpha value is -2.12. The smallest absolute Gasteiger partial charge is 0.227 e. The van der Waals surface area contributed by atoms with Crippen LogP contribution in [-0.2, 0) is 10.5 Å². The number of hydrogen-bond donors (Lipinski definition) is 2. The van der Waals surface area contributed by atoms with Crippen LogP contribution in [0.5, 0.6) is 0 Å². The Morgan fingerprint density at radius 3 is 2.86 bits per heavy atom. The van der Waals surface area contributed by atoms with Crippen molar-refractivity contribution in [1.29, 1.82) is 0 Å². The van der Waals surface area contributed by atoms with Gasteiger partial charge in [-0.25, -0.2) is 4.39 Å². The Labute approximate surface area is 174 Å². The van der Waals surface area contributed by atoms with Crippen LogP contribution in [0.3, 0.4) is 0 Å². The molecule has 2 aromatic carbocycles. The van der Waals surface area contributed by atoms with Crippen molar-refractivity contribution >= 4 is 46.4 Å². The summed E-state index contributed by atoms with van der Waals surface area (Å²) in [5.74, 6) is 1.63. The SMILES string of the molecule is O=C1CCCN1c1cccc(NC(=S)NCCCSCc2ccccc2F)c1. The zero-order chi connectivity index (χ0) is 19.8. The van der Waals surface area contributed by atoms with Crippen LogP contribution in [0.15, 0.2) is 48.5 Å². The molecule has 2 N–H and O–H groups in total. The van der Waals surface area contributed by atoms with Gasteiger partial charge in [0.25, 0.3) is 0 Å². The number of amides is 1. The standard InChI is InChI=1S/C21H24FN3OS2/c22-19-9-2-1-6-16(19)15-28-13-5-11-23-21(27)24-17-7-3-8-18(14-17)25-12-4-10-20(25)26/h1-3,6-9,14H,4-5,10-13,15H2,(H2,23,24,27). The fraction of sp³-hybridized carbons (Fsp3) is 0.333. The summed E-state index contributed by atoms with van der Waals surface area (Å²) in [6.07, 6.45) is 2.46. The minimum absolute atomic E-state index is 0.142. The summed E-state index contributed by atoms with van der Waals surface area (Å²) in [6.45, 7) is 1.52. The molecule has 1 aliphatic rings. The van der Waals surface area contributed by atoms with Crippen molar-refractivity contribution in [1.82, 2.24) is 5.32 Å². The molecule has 2 aromatic rings. The van der Waals surface area contributed by atoms with Crippen molar-refractivity contribution < 1.29 is 9.18 Å². The largest absolute Gasteiger partial charge is 0.362 e. The molecule has 0 aliphatic carbocycles. The molecule has 3 rings (SSSR count).